The predicted octanol–water partition coefficient (Wildman–Crippen LogP) is 6.68. The summed E-state index contributed by atoms with van der Waals surface area (Å²) in [6.45, 7) is 4.18. The Morgan fingerprint density at radius 2 is 1.17 bits per heavy atom. The number of aromatic hydroxyl groups is 1. The first kappa shape index (κ1) is 21.7. The molecule has 1 unspecified atom stereocenters. The van der Waals surface area contributed by atoms with Gasteiger partial charge in [-0.3, -0.25) is 4.89 Å². The summed E-state index contributed by atoms with van der Waals surface area (Å²) >= 11 is 0. The van der Waals surface area contributed by atoms with Crippen molar-refractivity contribution in [1.82, 2.24) is 0 Å². The highest BCUT2D eigenvalue weighted by Gasteiger charge is 2.25. The minimum atomic E-state index is -4.30. The standard InChI is InChI=1S/C24H25O5P/c1-3-23(18-10-14-20(25)15-11-18)24(4-2)19-12-16-22(17-13-19)29-30(26,27)28-21-8-6-5-7-9-21/h5-17,25H,3-4H2,1-2H3,(H,26,27)/b24-23+. The van der Waals surface area contributed by atoms with Crippen LogP contribution < -0.4 is 9.05 Å². The number of phosphoric acid groups is 1. The molecule has 0 heterocycles. The van der Waals surface area contributed by atoms with Crippen molar-refractivity contribution in [1.29, 1.82) is 0 Å². The highest BCUT2D eigenvalue weighted by Crippen LogP contribution is 2.44. The lowest BCUT2D eigenvalue weighted by Gasteiger charge is -2.16. The maximum absolute atomic E-state index is 12.3. The van der Waals surface area contributed by atoms with Gasteiger partial charge in [0.2, 0.25) is 0 Å². The molecular formula is C24H25O5P. The fourth-order valence-corrected chi connectivity index (χ4v) is 4.14. The summed E-state index contributed by atoms with van der Waals surface area (Å²) in [6.07, 6.45) is 1.66. The third-order valence-electron chi connectivity index (χ3n) is 4.67. The van der Waals surface area contributed by atoms with Gasteiger partial charge in [-0.2, -0.15) is 0 Å². The van der Waals surface area contributed by atoms with Gasteiger partial charge in [0.05, 0.1) is 0 Å². The molecular weight excluding hydrogens is 399 g/mol. The molecule has 0 fully saturated rings. The fraction of sp³-hybridized carbons (Fsp3) is 0.167. The lowest BCUT2D eigenvalue weighted by Crippen LogP contribution is -2.00. The lowest BCUT2D eigenvalue weighted by atomic mass is 9.91. The normalized spacial score (nSPS) is 13.8. The Hall–Kier alpha value is -3.01. The van der Waals surface area contributed by atoms with E-state index in [1.165, 1.54) is 11.1 Å². The van der Waals surface area contributed by atoms with E-state index in [9.17, 15) is 14.6 Å². The molecule has 0 spiro atoms. The molecule has 1 atom stereocenters. The molecule has 30 heavy (non-hydrogen) atoms. The second-order valence-corrected chi connectivity index (χ2v) is 8.00. The van der Waals surface area contributed by atoms with Crippen LogP contribution in [0.5, 0.6) is 17.2 Å². The molecule has 0 amide bonds. The van der Waals surface area contributed by atoms with Crippen LogP contribution in [0.15, 0.2) is 78.9 Å². The van der Waals surface area contributed by atoms with Gasteiger partial charge in [0.25, 0.3) is 0 Å². The summed E-state index contributed by atoms with van der Waals surface area (Å²) in [5, 5.41) is 9.56. The van der Waals surface area contributed by atoms with Gasteiger partial charge in [0, 0.05) is 0 Å². The van der Waals surface area contributed by atoms with E-state index in [1.54, 1.807) is 54.6 Å². The molecule has 0 radical (unpaired) electrons. The minimum Gasteiger partial charge on any atom is -0.508 e. The van der Waals surface area contributed by atoms with Crippen LogP contribution in [0.1, 0.15) is 37.8 Å². The summed E-state index contributed by atoms with van der Waals surface area (Å²) in [7, 11) is -4.30. The average Bonchev–Trinajstić information content (AvgIpc) is 2.74. The van der Waals surface area contributed by atoms with Crippen molar-refractivity contribution >= 4 is 19.0 Å². The molecule has 0 aliphatic rings. The number of phosphoric ester groups is 1. The third kappa shape index (κ3) is 5.53. The van der Waals surface area contributed by atoms with E-state index >= 15 is 0 Å². The zero-order valence-corrected chi connectivity index (χ0v) is 17.9. The number of phenols is 1. The number of hydrogen-bond donors (Lipinski definition) is 2. The number of para-hydroxylation sites is 1. The summed E-state index contributed by atoms with van der Waals surface area (Å²) < 4.78 is 22.6. The Bertz CT molecular complexity index is 1040. The molecule has 0 saturated carbocycles. The topological polar surface area (TPSA) is 76.0 Å². The average molecular weight is 424 g/mol. The number of rotatable bonds is 8. The van der Waals surface area contributed by atoms with Crippen LogP contribution in [0.3, 0.4) is 0 Å². The van der Waals surface area contributed by atoms with Crippen molar-refractivity contribution in [3.63, 3.8) is 0 Å². The third-order valence-corrected chi connectivity index (χ3v) is 5.56. The summed E-state index contributed by atoms with van der Waals surface area (Å²) in [5.74, 6) is 0.746. The minimum absolute atomic E-state index is 0.236. The van der Waals surface area contributed by atoms with Crippen LogP contribution in [-0.4, -0.2) is 10.00 Å². The van der Waals surface area contributed by atoms with Crippen molar-refractivity contribution in [3.05, 3.63) is 90.0 Å². The molecule has 0 aliphatic heterocycles. The van der Waals surface area contributed by atoms with Gasteiger partial charge < -0.3 is 14.2 Å². The zero-order chi connectivity index (χ0) is 21.6. The second kappa shape index (κ2) is 9.66. The van der Waals surface area contributed by atoms with Crippen molar-refractivity contribution < 1.29 is 23.6 Å². The Balaban J connectivity index is 1.82. The molecule has 3 aromatic carbocycles. The van der Waals surface area contributed by atoms with Gasteiger partial charge in [-0.15, -0.1) is 0 Å². The van der Waals surface area contributed by atoms with E-state index in [2.05, 4.69) is 13.8 Å². The van der Waals surface area contributed by atoms with E-state index in [0.717, 1.165) is 24.0 Å². The van der Waals surface area contributed by atoms with E-state index in [-0.39, 0.29) is 17.2 Å². The van der Waals surface area contributed by atoms with Crippen LogP contribution in [-0.2, 0) is 4.57 Å². The highest BCUT2D eigenvalue weighted by atomic mass is 31.2. The highest BCUT2D eigenvalue weighted by molar-refractivity contribution is 7.48. The van der Waals surface area contributed by atoms with Gasteiger partial charge in [-0.1, -0.05) is 56.3 Å². The Labute approximate surface area is 176 Å². The van der Waals surface area contributed by atoms with Gasteiger partial charge in [0.1, 0.15) is 17.2 Å². The first-order chi connectivity index (χ1) is 14.4. The first-order valence-electron chi connectivity index (χ1n) is 9.80. The monoisotopic (exact) mass is 424 g/mol. The SMILES string of the molecule is CC/C(=C(/CC)c1ccc(OP(=O)(O)Oc2ccccc2)cc1)c1ccc(O)cc1. The Morgan fingerprint density at radius 1 is 0.733 bits per heavy atom. The molecule has 0 bridgehead atoms. The molecule has 0 aliphatic carbocycles. The first-order valence-corrected chi connectivity index (χ1v) is 11.3. The van der Waals surface area contributed by atoms with Crippen LogP contribution in [0.25, 0.3) is 11.1 Å². The van der Waals surface area contributed by atoms with Crippen molar-refractivity contribution in [2.24, 2.45) is 0 Å². The van der Waals surface area contributed by atoms with Crippen molar-refractivity contribution in [3.8, 4) is 17.2 Å². The zero-order valence-electron chi connectivity index (χ0n) is 17.0. The van der Waals surface area contributed by atoms with Crippen LogP contribution in [0.2, 0.25) is 0 Å². The van der Waals surface area contributed by atoms with Gasteiger partial charge in [0.15, 0.2) is 0 Å². The Kier molecular flexibility index (Phi) is 6.99. The maximum atomic E-state index is 12.3. The number of phenolic OH excluding ortho intramolecular Hbond substituents is 1. The molecule has 2 N–H and O–H groups in total. The molecule has 3 aromatic rings. The van der Waals surface area contributed by atoms with E-state index in [0.29, 0.717) is 0 Å². The number of allylic oxidation sites excluding steroid dienone is 2. The van der Waals surface area contributed by atoms with Crippen molar-refractivity contribution in [2.75, 3.05) is 0 Å². The van der Waals surface area contributed by atoms with E-state index < -0.39 is 7.82 Å². The largest absolute Gasteiger partial charge is 0.584 e. The van der Waals surface area contributed by atoms with Gasteiger partial charge in [-0.25, -0.2) is 4.57 Å². The Morgan fingerprint density at radius 3 is 1.63 bits per heavy atom. The van der Waals surface area contributed by atoms with Crippen molar-refractivity contribution in [2.45, 2.75) is 26.7 Å². The van der Waals surface area contributed by atoms with E-state index in [4.69, 9.17) is 9.05 Å². The smallest absolute Gasteiger partial charge is 0.508 e. The molecule has 156 valence electrons. The van der Waals surface area contributed by atoms with Crippen LogP contribution >= 0.6 is 7.82 Å². The second-order valence-electron chi connectivity index (χ2n) is 6.70. The maximum Gasteiger partial charge on any atom is 0.584 e. The molecule has 0 saturated heterocycles. The number of hydrogen-bond acceptors (Lipinski definition) is 4. The van der Waals surface area contributed by atoms with E-state index in [1.807, 2.05) is 24.3 Å². The van der Waals surface area contributed by atoms with Gasteiger partial charge >= 0.3 is 7.82 Å². The molecule has 0 aromatic heterocycles. The summed E-state index contributed by atoms with van der Waals surface area (Å²) in [6, 6.07) is 22.6. The quantitative estimate of drug-likeness (QED) is 0.312. The molecule has 6 heteroatoms. The lowest BCUT2D eigenvalue weighted by molar-refractivity contribution is 0.291. The molecule has 5 nitrogen and oxygen atoms in total. The van der Waals surface area contributed by atoms with Crippen LogP contribution in [0.4, 0.5) is 0 Å². The predicted molar refractivity (Wildman–Crippen MR) is 119 cm³/mol. The fourth-order valence-electron chi connectivity index (χ4n) is 3.33. The molecule has 3 rings (SSSR count). The summed E-state index contributed by atoms with van der Waals surface area (Å²) in [4.78, 5) is 10.0. The van der Waals surface area contributed by atoms with Gasteiger partial charge in [-0.05, 0) is 71.5 Å². The summed E-state index contributed by atoms with van der Waals surface area (Å²) in [5.41, 5.74) is 4.42. The van der Waals surface area contributed by atoms with Crippen LogP contribution in [0, 0.1) is 0 Å². The number of benzene rings is 3.